The summed E-state index contributed by atoms with van der Waals surface area (Å²) >= 11 is 0. The summed E-state index contributed by atoms with van der Waals surface area (Å²) in [6, 6.07) is 12.2. The van der Waals surface area contributed by atoms with Crippen molar-refractivity contribution in [3.8, 4) is 5.75 Å². The summed E-state index contributed by atoms with van der Waals surface area (Å²) in [6.45, 7) is 5.86. The number of methoxy groups -OCH3 is 1. The lowest BCUT2D eigenvalue weighted by Gasteiger charge is -2.36. The first-order chi connectivity index (χ1) is 16.7. The molecule has 0 aliphatic carbocycles. The average Bonchev–Trinajstić information content (AvgIpc) is 2.85. The summed E-state index contributed by atoms with van der Waals surface area (Å²) in [5, 5.41) is 0. The van der Waals surface area contributed by atoms with E-state index in [4.69, 9.17) is 9.72 Å². The van der Waals surface area contributed by atoms with Crippen LogP contribution < -0.4 is 9.64 Å². The Labute approximate surface area is 202 Å². The predicted octanol–water partition coefficient (Wildman–Crippen LogP) is 4.67. The van der Waals surface area contributed by atoms with Crippen molar-refractivity contribution < 1.29 is 22.7 Å². The van der Waals surface area contributed by atoms with Crippen molar-refractivity contribution in [3.63, 3.8) is 0 Å². The summed E-state index contributed by atoms with van der Waals surface area (Å²) in [5.74, 6) is 2.05. The second-order valence-electron chi connectivity index (χ2n) is 8.54. The van der Waals surface area contributed by atoms with Crippen molar-refractivity contribution in [2.45, 2.75) is 26.4 Å². The quantitative estimate of drug-likeness (QED) is 0.527. The van der Waals surface area contributed by atoms with Crippen molar-refractivity contribution in [2.75, 3.05) is 38.2 Å². The number of nitrogens with zero attached hydrogens (tertiary/aromatic N) is 4. The van der Waals surface area contributed by atoms with E-state index < -0.39 is 11.7 Å². The smallest absolute Gasteiger partial charge is 0.416 e. The molecular weight excluding hydrogens is 457 g/mol. The third-order valence-electron chi connectivity index (χ3n) is 6.17. The van der Waals surface area contributed by atoms with Gasteiger partial charge in [0.1, 0.15) is 17.4 Å². The van der Waals surface area contributed by atoms with Gasteiger partial charge in [-0.3, -0.25) is 4.79 Å². The molecule has 2 aromatic carbocycles. The first-order valence-corrected chi connectivity index (χ1v) is 11.3. The highest BCUT2D eigenvalue weighted by Crippen LogP contribution is 2.30. The zero-order valence-corrected chi connectivity index (χ0v) is 19.9. The van der Waals surface area contributed by atoms with Crippen molar-refractivity contribution in [1.29, 1.82) is 0 Å². The van der Waals surface area contributed by atoms with Gasteiger partial charge >= 0.3 is 6.18 Å². The third-order valence-corrected chi connectivity index (χ3v) is 6.17. The molecule has 0 bridgehead atoms. The molecule has 1 aromatic heterocycles. The Kier molecular flexibility index (Phi) is 6.95. The van der Waals surface area contributed by atoms with Gasteiger partial charge in [-0.2, -0.15) is 13.2 Å². The van der Waals surface area contributed by atoms with Crippen LogP contribution in [0.2, 0.25) is 0 Å². The Bertz CT molecular complexity index is 1190. The number of halogens is 3. The lowest BCUT2D eigenvalue weighted by Crippen LogP contribution is -2.49. The van der Waals surface area contributed by atoms with E-state index in [1.54, 1.807) is 12.0 Å². The fourth-order valence-electron chi connectivity index (χ4n) is 4.24. The third kappa shape index (κ3) is 5.55. The highest BCUT2D eigenvalue weighted by atomic mass is 19.4. The molecule has 184 valence electrons. The number of alkyl halides is 3. The van der Waals surface area contributed by atoms with Crippen LogP contribution in [0.3, 0.4) is 0 Å². The van der Waals surface area contributed by atoms with Gasteiger partial charge in [-0.05, 0) is 55.8 Å². The Hall–Kier alpha value is -3.62. The SMILES string of the molecule is COc1ccc(Cc2c(C)nc(C)nc2N2CCN(C(=O)c3ccc(C(F)(F)F)cc3)CC2)cc1. The molecule has 2 heterocycles. The largest absolute Gasteiger partial charge is 0.497 e. The maximum Gasteiger partial charge on any atom is 0.416 e. The molecule has 1 aliphatic heterocycles. The highest BCUT2D eigenvalue weighted by Gasteiger charge is 2.31. The summed E-state index contributed by atoms with van der Waals surface area (Å²) in [6.07, 6.45) is -3.76. The fourth-order valence-corrected chi connectivity index (χ4v) is 4.24. The Morgan fingerprint density at radius 2 is 1.57 bits per heavy atom. The number of carbonyl (C=O) groups excluding carboxylic acids is 1. The molecule has 1 aliphatic rings. The van der Waals surface area contributed by atoms with Crippen LogP contribution >= 0.6 is 0 Å². The molecule has 0 radical (unpaired) electrons. The van der Waals surface area contributed by atoms with Crippen LogP contribution in [0.4, 0.5) is 19.0 Å². The van der Waals surface area contributed by atoms with Gasteiger partial charge in [0.25, 0.3) is 5.91 Å². The Morgan fingerprint density at radius 1 is 0.943 bits per heavy atom. The second-order valence-corrected chi connectivity index (χ2v) is 8.54. The number of hydrogen-bond acceptors (Lipinski definition) is 5. The van der Waals surface area contributed by atoms with Crippen LogP contribution in [0.1, 0.15) is 38.6 Å². The first kappa shape index (κ1) is 24.5. The van der Waals surface area contributed by atoms with E-state index in [1.807, 2.05) is 38.1 Å². The number of benzene rings is 2. The van der Waals surface area contributed by atoms with Gasteiger partial charge in [-0.25, -0.2) is 9.97 Å². The number of rotatable bonds is 5. The second kappa shape index (κ2) is 9.93. The number of ether oxygens (including phenoxy) is 1. The molecule has 1 saturated heterocycles. The first-order valence-electron chi connectivity index (χ1n) is 11.3. The molecule has 1 amide bonds. The molecule has 1 fully saturated rings. The summed E-state index contributed by atoms with van der Waals surface area (Å²) < 4.78 is 43.7. The average molecular weight is 485 g/mol. The maximum atomic E-state index is 12.9. The van der Waals surface area contributed by atoms with Gasteiger partial charge in [0.05, 0.1) is 12.7 Å². The van der Waals surface area contributed by atoms with Crippen molar-refractivity contribution in [1.82, 2.24) is 14.9 Å². The number of aromatic nitrogens is 2. The monoisotopic (exact) mass is 484 g/mol. The van der Waals surface area contributed by atoms with E-state index in [2.05, 4.69) is 9.88 Å². The van der Waals surface area contributed by atoms with Gasteiger partial charge < -0.3 is 14.5 Å². The van der Waals surface area contributed by atoms with E-state index in [0.29, 0.717) is 38.4 Å². The number of amides is 1. The molecule has 0 spiro atoms. The molecule has 0 N–H and O–H groups in total. The Balaban J connectivity index is 1.48. The van der Waals surface area contributed by atoms with Crippen LogP contribution in [-0.2, 0) is 12.6 Å². The van der Waals surface area contributed by atoms with Crippen LogP contribution in [0.25, 0.3) is 0 Å². The summed E-state index contributed by atoms with van der Waals surface area (Å²) in [5.41, 5.74) is 2.53. The molecule has 3 aromatic rings. The van der Waals surface area contributed by atoms with Crippen molar-refractivity contribution >= 4 is 11.7 Å². The molecule has 0 unspecified atom stereocenters. The van der Waals surface area contributed by atoms with E-state index in [0.717, 1.165) is 40.5 Å². The lowest BCUT2D eigenvalue weighted by molar-refractivity contribution is -0.137. The minimum Gasteiger partial charge on any atom is -0.497 e. The molecule has 6 nitrogen and oxygen atoms in total. The number of hydrogen-bond donors (Lipinski definition) is 0. The lowest BCUT2D eigenvalue weighted by atomic mass is 10.0. The van der Waals surface area contributed by atoms with E-state index in [9.17, 15) is 18.0 Å². The molecular formula is C26H27F3N4O2. The van der Waals surface area contributed by atoms with Gasteiger partial charge in [-0.15, -0.1) is 0 Å². The topological polar surface area (TPSA) is 58.6 Å². The van der Waals surface area contributed by atoms with Crippen LogP contribution in [0.15, 0.2) is 48.5 Å². The van der Waals surface area contributed by atoms with Gasteiger partial charge in [0.15, 0.2) is 0 Å². The van der Waals surface area contributed by atoms with E-state index in [1.165, 1.54) is 12.1 Å². The van der Waals surface area contributed by atoms with E-state index in [-0.39, 0.29) is 11.5 Å². The number of carbonyl (C=O) groups is 1. The summed E-state index contributed by atoms with van der Waals surface area (Å²) in [4.78, 5) is 26.0. The zero-order chi connectivity index (χ0) is 25.2. The van der Waals surface area contributed by atoms with E-state index >= 15 is 0 Å². The zero-order valence-electron chi connectivity index (χ0n) is 19.9. The number of aryl methyl sites for hydroxylation is 2. The summed E-state index contributed by atoms with van der Waals surface area (Å²) in [7, 11) is 1.63. The highest BCUT2D eigenvalue weighted by molar-refractivity contribution is 5.94. The minimum atomic E-state index is -4.43. The number of piperazine rings is 1. The van der Waals surface area contributed by atoms with Crippen LogP contribution in [0.5, 0.6) is 5.75 Å². The maximum absolute atomic E-state index is 12.9. The fraction of sp³-hybridized carbons (Fsp3) is 0.346. The molecule has 9 heteroatoms. The minimum absolute atomic E-state index is 0.250. The van der Waals surface area contributed by atoms with Crippen LogP contribution in [0, 0.1) is 13.8 Å². The molecule has 0 atom stereocenters. The predicted molar refractivity (Wildman–Crippen MR) is 127 cm³/mol. The van der Waals surface area contributed by atoms with Gasteiger partial charge in [-0.1, -0.05) is 12.1 Å². The van der Waals surface area contributed by atoms with Gasteiger partial charge in [0, 0.05) is 49.4 Å². The van der Waals surface area contributed by atoms with Crippen molar-refractivity contribution in [2.24, 2.45) is 0 Å². The Morgan fingerprint density at radius 3 is 2.14 bits per heavy atom. The molecule has 0 saturated carbocycles. The normalized spacial score (nSPS) is 14.2. The van der Waals surface area contributed by atoms with Gasteiger partial charge in [0.2, 0.25) is 0 Å². The molecule has 35 heavy (non-hydrogen) atoms. The van der Waals surface area contributed by atoms with Crippen molar-refractivity contribution in [3.05, 3.63) is 82.3 Å². The van der Waals surface area contributed by atoms with Crippen LogP contribution in [-0.4, -0.2) is 54.1 Å². The standard InChI is InChI=1S/C26H27F3N4O2/c1-17-23(16-19-4-10-22(35-3)11-5-19)24(31-18(2)30-17)32-12-14-33(15-13-32)25(34)20-6-8-21(9-7-20)26(27,28)29/h4-11H,12-16H2,1-3H3. The molecule has 4 rings (SSSR count). The number of anilines is 1.